The monoisotopic (exact) mass is 336 g/mol. The molecule has 1 aliphatic heterocycles. The maximum Gasteiger partial charge on any atom is 0.243 e. The predicted octanol–water partition coefficient (Wildman–Crippen LogP) is 0.902. The van der Waals surface area contributed by atoms with Crippen LogP contribution in [0.5, 0.6) is 0 Å². The molecule has 1 aliphatic rings. The Balaban J connectivity index is 2.84. The molecule has 23 heavy (non-hydrogen) atoms. The smallest absolute Gasteiger partial charge is 0.243 e. The molecular weight excluding hydrogens is 316 g/mol. The molecule has 0 saturated heterocycles. The minimum absolute atomic E-state index is 0.0577. The number of methoxy groups -OCH3 is 1. The Morgan fingerprint density at radius 2 is 2.17 bits per heavy atom. The van der Waals surface area contributed by atoms with Crippen molar-refractivity contribution in [2.24, 2.45) is 11.3 Å². The van der Waals surface area contributed by atoms with Crippen molar-refractivity contribution in [3.8, 4) is 12.1 Å². The fraction of sp³-hybridized carbons (Fsp3) is 0.600. The van der Waals surface area contributed by atoms with E-state index >= 15 is 0 Å². The number of rotatable bonds is 6. The molecule has 0 saturated carbocycles. The number of amides is 2. The number of allylic oxidation sites excluding steroid dienone is 1. The van der Waals surface area contributed by atoms with Crippen molar-refractivity contribution in [3.05, 3.63) is 10.6 Å². The van der Waals surface area contributed by atoms with Crippen LogP contribution in [0.2, 0.25) is 0 Å². The summed E-state index contributed by atoms with van der Waals surface area (Å²) in [7, 11) is 1.55. The molecule has 0 spiro atoms. The van der Waals surface area contributed by atoms with E-state index in [0.717, 1.165) is 11.8 Å². The van der Waals surface area contributed by atoms with Crippen LogP contribution in [0.25, 0.3) is 0 Å². The molecule has 1 rings (SSSR count). The number of nitrogens with one attached hydrogen (secondary N) is 2. The van der Waals surface area contributed by atoms with E-state index in [2.05, 4.69) is 16.7 Å². The van der Waals surface area contributed by atoms with Crippen LogP contribution in [0.1, 0.15) is 20.8 Å². The zero-order valence-electron chi connectivity index (χ0n) is 13.6. The Morgan fingerprint density at radius 3 is 2.70 bits per heavy atom. The molecule has 124 valence electrons. The highest BCUT2D eigenvalue weighted by molar-refractivity contribution is 8.03. The molecule has 0 radical (unpaired) electrons. The number of carbonyl (C=O) groups is 2. The van der Waals surface area contributed by atoms with Gasteiger partial charge in [-0.15, -0.1) is 0 Å². The van der Waals surface area contributed by atoms with E-state index in [4.69, 9.17) is 10.00 Å². The number of nitriles is 2. The number of hydrogen-bond donors (Lipinski definition) is 2. The second-order valence-corrected chi connectivity index (χ2v) is 6.79. The van der Waals surface area contributed by atoms with E-state index in [-0.39, 0.29) is 17.7 Å². The zero-order chi connectivity index (χ0) is 17.6. The highest BCUT2D eigenvalue weighted by atomic mass is 32.2. The molecular formula is C15H20N4O3S. The third-order valence-corrected chi connectivity index (χ3v) is 4.51. The number of nitrogens with zero attached hydrogens (tertiary/aromatic N) is 2. The molecule has 2 amide bonds. The normalized spacial score (nSPS) is 21.0. The molecule has 1 heterocycles. The van der Waals surface area contributed by atoms with E-state index in [1.165, 1.54) is 0 Å². The summed E-state index contributed by atoms with van der Waals surface area (Å²) in [4.78, 5) is 23.9. The van der Waals surface area contributed by atoms with Crippen LogP contribution in [-0.2, 0) is 14.3 Å². The van der Waals surface area contributed by atoms with Crippen molar-refractivity contribution < 1.29 is 14.3 Å². The van der Waals surface area contributed by atoms with Crippen LogP contribution in [0, 0.1) is 34.0 Å². The average Bonchev–Trinajstić information content (AvgIpc) is 2.44. The largest absolute Gasteiger partial charge is 0.383 e. The van der Waals surface area contributed by atoms with Crippen molar-refractivity contribution in [1.82, 2.24) is 10.6 Å². The van der Waals surface area contributed by atoms with Gasteiger partial charge in [-0.1, -0.05) is 25.6 Å². The number of thioether (sulfide) groups is 1. The number of hydrogen-bond acceptors (Lipinski definition) is 6. The summed E-state index contributed by atoms with van der Waals surface area (Å²) in [5, 5.41) is 24.2. The van der Waals surface area contributed by atoms with E-state index in [9.17, 15) is 14.9 Å². The SMILES string of the molecule is COC[C@@H](C)NC(=O)CSC1=C(C#N)C(C)(C)[C@H](C#N)C(=O)N1. The number of ether oxygens (including phenoxy) is 1. The zero-order valence-corrected chi connectivity index (χ0v) is 14.4. The first-order valence-corrected chi connectivity index (χ1v) is 8.02. The fourth-order valence-corrected chi connectivity index (χ4v) is 3.26. The van der Waals surface area contributed by atoms with Gasteiger partial charge < -0.3 is 15.4 Å². The summed E-state index contributed by atoms with van der Waals surface area (Å²) in [6.45, 7) is 5.57. The van der Waals surface area contributed by atoms with Gasteiger partial charge in [-0.25, -0.2) is 0 Å². The third kappa shape index (κ3) is 4.47. The number of carbonyl (C=O) groups excluding carboxylic acids is 2. The third-order valence-electron chi connectivity index (χ3n) is 3.50. The Bertz CT molecular complexity index is 601. The lowest BCUT2D eigenvalue weighted by molar-refractivity contribution is -0.125. The molecule has 0 aromatic carbocycles. The minimum Gasteiger partial charge on any atom is -0.383 e. The first-order chi connectivity index (χ1) is 10.8. The van der Waals surface area contributed by atoms with Crippen LogP contribution in [0.15, 0.2) is 10.6 Å². The second kappa shape index (κ2) is 8.00. The summed E-state index contributed by atoms with van der Waals surface area (Å²) >= 11 is 1.08. The Labute approximate surface area is 140 Å². The van der Waals surface area contributed by atoms with E-state index in [1.807, 2.05) is 13.0 Å². The van der Waals surface area contributed by atoms with Crippen LogP contribution >= 0.6 is 11.8 Å². The summed E-state index contributed by atoms with van der Waals surface area (Å²) in [5.74, 6) is -1.55. The Kier molecular flexibility index (Phi) is 6.62. The van der Waals surface area contributed by atoms with Crippen LogP contribution < -0.4 is 10.6 Å². The van der Waals surface area contributed by atoms with Gasteiger partial charge in [0.15, 0.2) is 0 Å². The van der Waals surface area contributed by atoms with E-state index in [0.29, 0.717) is 17.2 Å². The maximum atomic E-state index is 12.0. The Hall–Kier alpha value is -2.03. The van der Waals surface area contributed by atoms with Gasteiger partial charge in [-0.05, 0) is 6.92 Å². The van der Waals surface area contributed by atoms with Crippen LogP contribution in [0.3, 0.4) is 0 Å². The molecule has 0 aromatic rings. The molecule has 7 nitrogen and oxygen atoms in total. The molecule has 0 fully saturated rings. The minimum atomic E-state index is -0.933. The quantitative estimate of drug-likeness (QED) is 0.745. The maximum absolute atomic E-state index is 12.0. The molecule has 0 bridgehead atoms. The van der Waals surface area contributed by atoms with Crippen LogP contribution in [-0.4, -0.2) is 37.3 Å². The summed E-state index contributed by atoms with van der Waals surface area (Å²) < 4.78 is 4.94. The van der Waals surface area contributed by atoms with Gasteiger partial charge in [0, 0.05) is 18.6 Å². The van der Waals surface area contributed by atoms with Crippen molar-refractivity contribution in [1.29, 1.82) is 10.5 Å². The van der Waals surface area contributed by atoms with Gasteiger partial charge in [-0.3, -0.25) is 9.59 Å². The van der Waals surface area contributed by atoms with Gasteiger partial charge in [0.05, 0.1) is 35.1 Å². The van der Waals surface area contributed by atoms with Gasteiger partial charge in [0.2, 0.25) is 11.8 Å². The predicted molar refractivity (Wildman–Crippen MR) is 85.6 cm³/mol. The van der Waals surface area contributed by atoms with E-state index in [1.54, 1.807) is 21.0 Å². The van der Waals surface area contributed by atoms with Crippen molar-refractivity contribution >= 4 is 23.6 Å². The van der Waals surface area contributed by atoms with Crippen molar-refractivity contribution in [3.63, 3.8) is 0 Å². The second-order valence-electron chi connectivity index (χ2n) is 5.80. The Morgan fingerprint density at radius 1 is 1.52 bits per heavy atom. The van der Waals surface area contributed by atoms with Crippen molar-refractivity contribution in [2.45, 2.75) is 26.8 Å². The molecule has 0 unspecified atom stereocenters. The fourth-order valence-electron chi connectivity index (χ4n) is 2.28. The lowest BCUT2D eigenvalue weighted by Gasteiger charge is -2.34. The molecule has 0 aromatic heterocycles. The van der Waals surface area contributed by atoms with E-state index < -0.39 is 17.2 Å². The highest BCUT2D eigenvalue weighted by Crippen LogP contribution is 2.41. The summed E-state index contributed by atoms with van der Waals surface area (Å²) in [6, 6.07) is 3.86. The summed E-state index contributed by atoms with van der Waals surface area (Å²) in [6.07, 6.45) is 0. The van der Waals surface area contributed by atoms with Gasteiger partial charge in [-0.2, -0.15) is 10.5 Å². The molecule has 2 atom stereocenters. The average molecular weight is 336 g/mol. The van der Waals surface area contributed by atoms with Crippen LogP contribution in [0.4, 0.5) is 0 Å². The topological polar surface area (TPSA) is 115 Å². The highest BCUT2D eigenvalue weighted by Gasteiger charge is 2.44. The standard InChI is InChI=1S/C15H20N4O3S/c1-9(7-22-4)18-12(20)8-23-14-11(6-17)15(2,3)10(5-16)13(21)19-14/h9-10H,7-8H2,1-4H3,(H,18,20)(H,19,21)/t9-,10-/m1/s1. The molecule has 2 N–H and O–H groups in total. The summed E-state index contributed by atoms with van der Waals surface area (Å²) in [5.41, 5.74) is -0.583. The molecule has 8 heteroatoms. The molecule has 0 aliphatic carbocycles. The van der Waals surface area contributed by atoms with Crippen molar-refractivity contribution in [2.75, 3.05) is 19.5 Å². The van der Waals surface area contributed by atoms with Gasteiger partial charge in [0.25, 0.3) is 0 Å². The lowest BCUT2D eigenvalue weighted by Crippen LogP contribution is -2.45. The van der Waals surface area contributed by atoms with Gasteiger partial charge in [0.1, 0.15) is 5.92 Å². The first kappa shape index (κ1) is 19.0. The lowest BCUT2D eigenvalue weighted by atomic mass is 9.72. The first-order valence-electron chi connectivity index (χ1n) is 7.04. The van der Waals surface area contributed by atoms with Gasteiger partial charge >= 0.3 is 0 Å².